The summed E-state index contributed by atoms with van der Waals surface area (Å²) >= 11 is 0. The topological polar surface area (TPSA) is 36.4 Å². The first-order valence-electron chi connectivity index (χ1n) is 5.60. The summed E-state index contributed by atoms with van der Waals surface area (Å²) in [6.45, 7) is 3.13. The molecule has 0 heterocycles. The lowest BCUT2D eigenvalue weighted by Crippen LogP contribution is -2.39. The number of hydrogen-bond donors (Lipinski definition) is 2. The molecule has 0 unspecified atom stereocenters. The van der Waals surface area contributed by atoms with E-state index in [0.717, 1.165) is 0 Å². The van der Waals surface area contributed by atoms with Crippen LogP contribution in [0.1, 0.15) is 26.2 Å². The van der Waals surface area contributed by atoms with Gasteiger partial charge in [0.25, 0.3) is 0 Å². The number of halogens is 3. The molecule has 0 bridgehead atoms. The summed E-state index contributed by atoms with van der Waals surface area (Å²) in [5.74, 6) is 1.12. The summed E-state index contributed by atoms with van der Waals surface area (Å²) in [5, 5.41) is 5.60. The third-order valence-electron chi connectivity index (χ3n) is 2.25. The third kappa shape index (κ3) is 6.53. The van der Waals surface area contributed by atoms with Crippen LogP contribution in [0.4, 0.5) is 13.2 Å². The van der Waals surface area contributed by atoms with Crippen LogP contribution in [0.3, 0.4) is 0 Å². The summed E-state index contributed by atoms with van der Waals surface area (Å²) in [6, 6.07) is 0. The Morgan fingerprint density at radius 3 is 2.50 bits per heavy atom. The zero-order valence-electron chi connectivity index (χ0n) is 9.40. The van der Waals surface area contributed by atoms with Crippen molar-refractivity contribution in [2.45, 2.75) is 32.4 Å². The zero-order chi connectivity index (χ0) is 12.0. The Labute approximate surface area is 93.5 Å². The maximum absolute atomic E-state index is 11.9. The predicted molar refractivity (Wildman–Crippen MR) is 57.4 cm³/mol. The van der Waals surface area contributed by atoms with Crippen molar-refractivity contribution in [3.05, 3.63) is 0 Å². The monoisotopic (exact) mass is 237 g/mol. The van der Waals surface area contributed by atoms with E-state index in [9.17, 15) is 13.2 Å². The van der Waals surface area contributed by atoms with Gasteiger partial charge in [0.05, 0.1) is 6.42 Å². The molecule has 0 aromatic heterocycles. The fraction of sp³-hybridized carbons (Fsp3) is 0.900. The van der Waals surface area contributed by atoms with Crippen molar-refractivity contribution in [2.75, 3.05) is 19.6 Å². The van der Waals surface area contributed by atoms with Gasteiger partial charge in [-0.25, -0.2) is 0 Å². The minimum Gasteiger partial charge on any atom is -0.357 e. The molecule has 1 aliphatic rings. The number of rotatable bonds is 5. The summed E-state index contributed by atoms with van der Waals surface area (Å²) < 4.78 is 35.7. The number of guanidine groups is 1. The second-order valence-electron chi connectivity index (χ2n) is 3.95. The number of alkyl halides is 3. The van der Waals surface area contributed by atoms with E-state index in [-0.39, 0.29) is 6.54 Å². The van der Waals surface area contributed by atoms with Crippen LogP contribution in [0, 0.1) is 5.92 Å². The lowest BCUT2D eigenvalue weighted by molar-refractivity contribution is -0.132. The molecule has 1 rings (SSSR count). The van der Waals surface area contributed by atoms with Gasteiger partial charge in [0.15, 0.2) is 5.96 Å². The Bertz CT molecular complexity index is 234. The molecule has 6 heteroatoms. The van der Waals surface area contributed by atoms with E-state index in [1.54, 1.807) is 0 Å². The normalized spacial score (nSPS) is 17.4. The van der Waals surface area contributed by atoms with Gasteiger partial charge in [0.1, 0.15) is 0 Å². The Hall–Kier alpha value is -0.940. The van der Waals surface area contributed by atoms with E-state index >= 15 is 0 Å². The average molecular weight is 237 g/mol. The quantitative estimate of drug-likeness (QED) is 0.566. The van der Waals surface area contributed by atoms with Gasteiger partial charge < -0.3 is 10.6 Å². The van der Waals surface area contributed by atoms with Crippen LogP contribution in [-0.2, 0) is 0 Å². The van der Waals surface area contributed by atoms with Crippen molar-refractivity contribution in [3.8, 4) is 0 Å². The molecule has 3 nitrogen and oxygen atoms in total. The highest BCUT2D eigenvalue weighted by Crippen LogP contribution is 2.28. The van der Waals surface area contributed by atoms with E-state index in [1.165, 1.54) is 12.8 Å². The fourth-order valence-corrected chi connectivity index (χ4v) is 1.19. The van der Waals surface area contributed by atoms with Crippen molar-refractivity contribution in [2.24, 2.45) is 10.9 Å². The molecule has 0 aromatic carbocycles. The van der Waals surface area contributed by atoms with E-state index < -0.39 is 12.6 Å². The first kappa shape index (κ1) is 13.1. The van der Waals surface area contributed by atoms with E-state index in [2.05, 4.69) is 15.6 Å². The van der Waals surface area contributed by atoms with Crippen molar-refractivity contribution in [3.63, 3.8) is 0 Å². The highest BCUT2D eigenvalue weighted by atomic mass is 19.4. The number of nitrogens with zero attached hydrogens (tertiary/aromatic N) is 1. The van der Waals surface area contributed by atoms with Crippen molar-refractivity contribution in [1.82, 2.24) is 10.6 Å². The number of hydrogen-bond acceptors (Lipinski definition) is 1. The van der Waals surface area contributed by atoms with Gasteiger partial charge in [-0.2, -0.15) is 13.2 Å². The Balaban J connectivity index is 2.23. The Morgan fingerprint density at radius 1 is 1.31 bits per heavy atom. The number of nitrogens with one attached hydrogen (secondary N) is 2. The molecule has 0 amide bonds. The molecule has 0 radical (unpaired) electrons. The highest BCUT2D eigenvalue weighted by Gasteiger charge is 2.26. The van der Waals surface area contributed by atoms with Gasteiger partial charge in [-0.15, -0.1) is 0 Å². The summed E-state index contributed by atoms with van der Waals surface area (Å²) in [5.41, 5.74) is 0. The average Bonchev–Trinajstić information content (AvgIpc) is 2.95. The molecule has 1 aliphatic carbocycles. The molecule has 0 atom stereocenters. The molecule has 1 saturated carbocycles. The van der Waals surface area contributed by atoms with Crippen LogP contribution in [0.25, 0.3) is 0 Å². The second kappa shape index (κ2) is 5.96. The van der Waals surface area contributed by atoms with Crippen LogP contribution >= 0.6 is 0 Å². The van der Waals surface area contributed by atoms with Crippen molar-refractivity contribution in [1.29, 1.82) is 0 Å². The largest absolute Gasteiger partial charge is 0.390 e. The van der Waals surface area contributed by atoms with Gasteiger partial charge in [-0.1, -0.05) is 0 Å². The van der Waals surface area contributed by atoms with Gasteiger partial charge in [-0.05, 0) is 25.7 Å². The SMILES string of the molecule is CCNC(=NCC1CC1)NCCC(F)(F)F. The van der Waals surface area contributed by atoms with E-state index in [1.807, 2.05) is 6.92 Å². The predicted octanol–water partition coefficient (Wildman–Crippen LogP) is 1.90. The molecule has 2 N–H and O–H groups in total. The maximum atomic E-state index is 11.9. The molecule has 0 saturated heterocycles. The van der Waals surface area contributed by atoms with Crippen molar-refractivity contribution < 1.29 is 13.2 Å². The van der Waals surface area contributed by atoms with Gasteiger partial charge in [0.2, 0.25) is 0 Å². The second-order valence-corrected chi connectivity index (χ2v) is 3.95. The summed E-state index contributed by atoms with van der Waals surface area (Å²) in [6.07, 6.45) is -2.57. The van der Waals surface area contributed by atoms with Crippen molar-refractivity contribution >= 4 is 5.96 Å². The summed E-state index contributed by atoms with van der Waals surface area (Å²) in [7, 11) is 0. The minimum atomic E-state index is -4.11. The molecule has 16 heavy (non-hydrogen) atoms. The van der Waals surface area contributed by atoms with Gasteiger partial charge >= 0.3 is 6.18 Å². The van der Waals surface area contributed by atoms with Crippen LogP contribution in [0.15, 0.2) is 4.99 Å². The first-order valence-corrected chi connectivity index (χ1v) is 5.60. The van der Waals surface area contributed by atoms with Crippen LogP contribution in [0.2, 0.25) is 0 Å². The zero-order valence-corrected chi connectivity index (χ0v) is 9.40. The lowest BCUT2D eigenvalue weighted by atomic mass is 10.4. The molecular weight excluding hydrogens is 219 g/mol. The smallest absolute Gasteiger partial charge is 0.357 e. The lowest BCUT2D eigenvalue weighted by Gasteiger charge is -2.12. The number of aliphatic imine (C=N–C) groups is 1. The standard InChI is InChI=1S/C10H18F3N3/c1-2-14-9(16-7-8-3-4-8)15-6-5-10(11,12)13/h8H,2-7H2,1H3,(H2,14,15,16). The molecule has 0 spiro atoms. The Morgan fingerprint density at radius 2 is 2.00 bits per heavy atom. The van der Waals surface area contributed by atoms with Crippen LogP contribution in [-0.4, -0.2) is 31.8 Å². The molecule has 0 aromatic rings. The first-order chi connectivity index (χ1) is 7.51. The summed E-state index contributed by atoms with van der Waals surface area (Å²) in [4.78, 5) is 4.22. The Kier molecular flexibility index (Phi) is 4.89. The van der Waals surface area contributed by atoms with Gasteiger partial charge in [-0.3, -0.25) is 4.99 Å². The fourth-order valence-electron chi connectivity index (χ4n) is 1.19. The highest BCUT2D eigenvalue weighted by molar-refractivity contribution is 5.79. The van der Waals surface area contributed by atoms with Gasteiger partial charge in [0, 0.05) is 19.6 Å². The molecule has 0 aliphatic heterocycles. The molecule has 94 valence electrons. The minimum absolute atomic E-state index is 0.125. The van der Waals surface area contributed by atoms with E-state index in [4.69, 9.17) is 0 Å². The maximum Gasteiger partial charge on any atom is 0.390 e. The molecular formula is C10H18F3N3. The molecule has 1 fully saturated rings. The van der Waals surface area contributed by atoms with Crippen LogP contribution in [0.5, 0.6) is 0 Å². The van der Waals surface area contributed by atoms with Crippen LogP contribution < -0.4 is 10.6 Å². The van der Waals surface area contributed by atoms with E-state index in [0.29, 0.717) is 25.0 Å². The third-order valence-corrected chi connectivity index (χ3v) is 2.25.